The van der Waals surface area contributed by atoms with Gasteiger partial charge in [0.05, 0.1) is 10.2 Å². The second kappa shape index (κ2) is 7.52. The van der Waals surface area contributed by atoms with Crippen LogP contribution in [-0.2, 0) is 5.41 Å². The van der Waals surface area contributed by atoms with Gasteiger partial charge in [0.15, 0.2) is 0 Å². The molecule has 27 heavy (non-hydrogen) atoms. The van der Waals surface area contributed by atoms with Gasteiger partial charge in [-0.15, -0.1) is 22.0 Å². The van der Waals surface area contributed by atoms with Gasteiger partial charge in [0.1, 0.15) is 0 Å². The molecule has 0 saturated heterocycles. The first-order valence-corrected chi connectivity index (χ1v) is 9.47. The molecule has 7 heteroatoms. The van der Waals surface area contributed by atoms with E-state index in [1.165, 1.54) is 17.7 Å². The zero-order valence-electron chi connectivity index (χ0n) is 15.7. The van der Waals surface area contributed by atoms with E-state index in [1.807, 2.05) is 6.92 Å². The molecular formula is C20H21N3O3S. The van der Waals surface area contributed by atoms with Crippen molar-refractivity contribution in [3.05, 3.63) is 70.1 Å². The highest BCUT2D eigenvalue weighted by molar-refractivity contribution is 7.99. The summed E-state index contributed by atoms with van der Waals surface area (Å²) in [6.45, 7) is 8.58. The van der Waals surface area contributed by atoms with Crippen LogP contribution < -0.4 is 0 Å². The third-order valence-electron chi connectivity index (χ3n) is 4.15. The Bertz CT molecular complexity index is 928. The molecule has 1 atom stereocenters. The molecule has 0 aliphatic heterocycles. The van der Waals surface area contributed by atoms with Crippen molar-refractivity contribution in [3.8, 4) is 11.5 Å². The van der Waals surface area contributed by atoms with Gasteiger partial charge in [-0.3, -0.25) is 10.1 Å². The first-order chi connectivity index (χ1) is 12.7. The molecule has 0 bridgehead atoms. The van der Waals surface area contributed by atoms with Crippen LogP contribution in [0.25, 0.3) is 11.5 Å². The summed E-state index contributed by atoms with van der Waals surface area (Å²) < 4.78 is 5.77. The second-order valence-corrected chi connectivity index (χ2v) is 8.70. The maximum Gasteiger partial charge on any atom is 0.269 e. The quantitative estimate of drug-likeness (QED) is 0.315. The number of aromatic nitrogens is 2. The van der Waals surface area contributed by atoms with E-state index in [2.05, 4.69) is 55.2 Å². The van der Waals surface area contributed by atoms with Gasteiger partial charge in [0.2, 0.25) is 11.8 Å². The number of nitrogens with zero attached hydrogens (tertiary/aromatic N) is 3. The third-order valence-corrected chi connectivity index (χ3v) is 5.25. The topological polar surface area (TPSA) is 82.1 Å². The molecule has 2 aromatic carbocycles. The number of nitro groups is 1. The summed E-state index contributed by atoms with van der Waals surface area (Å²) in [4.78, 5) is 11.4. The van der Waals surface area contributed by atoms with Crippen molar-refractivity contribution in [2.75, 3.05) is 0 Å². The van der Waals surface area contributed by atoms with E-state index >= 15 is 0 Å². The molecule has 3 aromatic rings. The van der Waals surface area contributed by atoms with Gasteiger partial charge >= 0.3 is 0 Å². The maximum absolute atomic E-state index is 10.7. The summed E-state index contributed by atoms with van der Waals surface area (Å²) in [6, 6.07) is 14.6. The Labute approximate surface area is 162 Å². The highest BCUT2D eigenvalue weighted by Gasteiger charge is 2.18. The van der Waals surface area contributed by atoms with E-state index in [9.17, 15) is 10.1 Å². The van der Waals surface area contributed by atoms with Crippen molar-refractivity contribution in [3.63, 3.8) is 0 Å². The molecule has 6 nitrogen and oxygen atoms in total. The first-order valence-electron chi connectivity index (χ1n) is 8.59. The molecule has 3 rings (SSSR count). The van der Waals surface area contributed by atoms with Crippen molar-refractivity contribution in [1.82, 2.24) is 10.2 Å². The average molecular weight is 383 g/mol. The maximum atomic E-state index is 10.7. The summed E-state index contributed by atoms with van der Waals surface area (Å²) in [5.41, 5.74) is 2.10. The van der Waals surface area contributed by atoms with Crippen LogP contribution in [0.5, 0.6) is 0 Å². The molecule has 1 aromatic heterocycles. The summed E-state index contributed by atoms with van der Waals surface area (Å²) in [7, 11) is 0. The lowest BCUT2D eigenvalue weighted by Crippen LogP contribution is -2.10. The minimum absolute atomic E-state index is 0.00946. The van der Waals surface area contributed by atoms with Crippen LogP contribution in [0.1, 0.15) is 44.4 Å². The van der Waals surface area contributed by atoms with Crippen molar-refractivity contribution in [2.45, 2.75) is 43.3 Å². The lowest BCUT2D eigenvalue weighted by Gasteiger charge is -2.19. The Hall–Kier alpha value is -2.67. The molecule has 140 valence electrons. The Morgan fingerprint density at radius 3 is 2.22 bits per heavy atom. The largest absolute Gasteiger partial charge is 0.419 e. The Morgan fingerprint density at radius 2 is 1.67 bits per heavy atom. The highest BCUT2D eigenvalue weighted by atomic mass is 32.2. The van der Waals surface area contributed by atoms with Crippen LogP contribution in [-0.4, -0.2) is 15.1 Å². The fraction of sp³-hybridized carbons (Fsp3) is 0.300. The summed E-state index contributed by atoms with van der Waals surface area (Å²) in [5.74, 6) is 0.878. The fourth-order valence-corrected chi connectivity index (χ4v) is 3.43. The predicted molar refractivity (Wildman–Crippen MR) is 106 cm³/mol. The van der Waals surface area contributed by atoms with Gasteiger partial charge in [-0.05, 0) is 42.2 Å². The summed E-state index contributed by atoms with van der Waals surface area (Å²) in [6.07, 6.45) is 0. The van der Waals surface area contributed by atoms with Crippen LogP contribution in [0.3, 0.4) is 0 Å². The monoisotopic (exact) mass is 383 g/mol. The van der Waals surface area contributed by atoms with E-state index in [4.69, 9.17) is 4.42 Å². The van der Waals surface area contributed by atoms with Crippen molar-refractivity contribution in [2.24, 2.45) is 0 Å². The minimum atomic E-state index is -0.438. The molecule has 0 unspecified atom stereocenters. The molecule has 0 fully saturated rings. The molecular weight excluding hydrogens is 362 g/mol. The fourth-order valence-electron chi connectivity index (χ4n) is 2.53. The standard InChI is InChI=1S/C20H21N3O3S/c1-13(27-17-11-7-15(8-12-17)20(2,3)4)18-21-22-19(26-18)14-5-9-16(10-6-14)23(24)25/h5-13H,1-4H3/t13-/m0/s1. The number of hydrogen-bond acceptors (Lipinski definition) is 6. The van der Waals surface area contributed by atoms with Gasteiger partial charge < -0.3 is 4.42 Å². The number of nitro benzene ring substituents is 1. The van der Waals surface area contributed by atoms with E-state index in [1.54, 1.807) is 23.9 Å². The molecule has 0 aliphatic rings. The van der Waals surface area contributed by atoms with Crippen LogP contribution in [0.15, 0.2) is 57.8 Å². The van der Waals surface area contributed by atoms with Crippen LogP contribution >= 0.6 is 11.8 Å². The number of benzene rings is 2. The van der Waals surface area contributed by atoms with E-state index in [0.29, 0.717) is 17.3 Å². The van der Waals surface area contributed by atoms with Gasteiger partial charge in [-0.25, -0.2) is 0 Å². The third kappa shape index (κ3) is 4.54. The molecule has 0 N–H and O–H groups in total. The molecule has 0 radical (unpaired) electrons. The van der Waals surface area contributed by atoms with Crippen molar-refractivity contribution < 1.29 is 9.34 Å². The van der Waals surface area contributed by atoms with Gasteiger partial charge in [0.25, 0.3) is 5.69 Å². The van der Waals surface area contributed by atoms with Crippen LogP contribution in [0, 0.1) is 10.1 Å². The van der Waals surface area contributed by atoms with Crippen molar-refractivity contribution >= 4 is 17.4 Å². The lowest BCUT2D eigenvalue weighted by atomic mass is 9.87. The predicted octanol–water partition coefficient (Wildman–Crippen LogP) is 5.80. The summed E-state index contributed by atoms with van der Waals surface area (Å²) in [5, 5.41) is 18.9. The number of thioether (sulfide) groups is 1. The first kappa shape index (κ1) is 19.1. The Balaban J connectivity index is 1.71. The van der Waals surface area contributed by atoms with Gasteiger partial charge in [0, 0.05) is 22.6 Å². The molecule has 0 aliphatic carbocycles. The smallest absolute Gasteiger partial charge is 0.269 e. The zero-order valence-corrected chi connectivity index (χ0v) is 16.5. The Kier molecular flexibility index (Phi) is 5.32. The average Bonchev–Trinajstić information content (AvgIpc) is 3.12. The van der Waals surface area contributed by atoms with E-state index in [0.717, 1.165) is 4.90 Å². The SMILES string of the molecule is C[C@H](Sc1ccc(C(C)(C)C)cc1)c1nnc(-c2ccc([N+](=O)[O-])cc2)o1. The Morgan fingerprint density at radius 1 is 1.04 bits per heavy atom. The lowest BCUT2D eigenvalue weighted by molar-refractivity contribution is -0.384. The molecule has 1 heterocycles. The highest BCUT2D eigenvalue weighted by Crippen LogP contribution is 2.36. The minimum Gasteiger partial charge on any atom is -0.419 e. The van der Waals surface area contributed by atoms with Gasteiger partial charge in [-0.2, -0.15) is 0 Å². The van der Waals surface area contributed by atoms with E-state index < -0.39 is 4.92 Å². The van der Waals surface area contributed by atoms with Crippen molar-refractivity contribution in [1.29, 1.82) is 0 Å². The zero-order chi connectivity index (χ0) is 19.6. The van der Waals surface area contributed by atoms with E-state index in [-0.39, 0.29) is 16.4 Å². The second-order valence-electron chi connectivity index (χ2n) is 7.28. The summed E-state index contributed by atoms with van der Waals surface area (Å²) >= 11 is 1.65. The number of hydrogen-bond donors (Lipinski definition) is 0. The normalized spacial score (nSPS) is 12.7. The van der Waals surface area contributed by atoms with Crippen LogP contribution in [0.2, 0.25) is 0 Å². The number of non-ortho nitro benzene ring substituents is 1. The molecule has 0 saturated carbocycles. The number of rotatable bonds is 5. The molecule has 0 spiro atoms. The molecule has 0 amide bonds. The van der Waals surface area contributed by atoms with Crippen LogP contribution in [0.4, 0.5) is 5.69 Å². The van der Waals surface area contributed by atoms with Gasteiger partial charge in [-0.1, -0.05) is 32.9 Å².